The Morgan fingerprint density at radius 2 is 1.92 bits per heavy atom. The number of aromatic nitrogens is 3. The number of carbonyl (C=O) groups is 1. The van der Waals surface area contributed by atoms with Crippen molar-refractivity contribution in [3.05, 3.63) is 23.8 Å². The Hall–Kier alpha value is -1.69. The molecule has 0 aromatic carbocycles. The van der Waals surface area contributed by atoms with Gasteiger partial charge in [0.1, 0.15) is 11.6 Å². The highest BCUT2D eigenvalue weighted by Crippen LogP contribution is 2.40. The van der Waals surface area contributed by atoms with E-state index in [0.717, 1.165) is 44.1 Å². The molecule has 24 heavy (non-hydrogen) atoms. The van der Waals surface area contributed by atoms with Gasteiger partial charge in [-0.2, -0.15) is 0 Å². The van der Waals surface area contributed by atoms with Gasteiger partial charge in [0.15, 0.2) is 0 Å². The Morgan fingerprint density at radius 3 is 2.50 bits per heavy atom. The van der Waals surface area contributed by atoms with Crippen LogP contribution in [0, 0.1) is 0 Å². The highest BCUT2D eigenvalue weighted by molar-refractivity contribution is 5.77. The summed E-state index contributed by atoms with van der Waals surface area (Å²) in [5.74, 6) is 2.90. The van der Waals surface area contributed by atoms with Gasteiger partial charge >= 0.3 is 0 Å². The number of piperidine rings is 1. The van der Waals surface area contributed by atoms with Crippen LogP contribution in [-0.2, 0) is 11.3 Å². The molecule has 3 rings (SSSR count). The zero-order valence-corrected chi connectivity index (χ0v) is 15.1. The van der Waals surface area contributed by atoms with Crippen molar-refractivity contribution in [3.8, 4) is 0 Å². The summed E-state index contributed by atoms with van der Waals surface area (Å²) in [6, 6.07) is 0.597. The van der Waals surface area contributed by atoms with Gasteiger partial charge in [0.05, 0.1) is 6.54 Å². The van der Waals surface area contributed by atoms with Crippen molar-refractivity contribution in [2.45, 2.75) is 57.5 Å². The van der Waals surface area contributed by atoms with Gasteiger partial charge in [0.25, 0.3) is 0 Å². The summed E-state index contributed by atoms with van der Waals surface area (Å²) < 4.78 is 2.39. The molecule has 0 unspecified atom stereocenters. The van der Waals surface area contributed by atoms with E-state index in [1.54, 1.807) is 0 Å². The Kier molecular flexibility index (Phi) is 5.33. The lowest BCUT2D eigenvalue weighted by Gasteiger charge is -2.31. The second kappa shape index (κ2) is 7.47. The molecule has 1 amide bonds. The van der Waals surface area contributed by atoms with Crippen LogP contribution < -0.4 is 0 Å². The zero-order valence-electron chi connectivity index (χ0n) is 15.1. The van der Waals surface area contributed by atoms with Crippen LogP contribution in [0.25, 0.3) is 0 Å². The summed E-state index contributed by atoms with van der Waals surface area (Å²) in [7, 11) is 4.14. The Bertz CT molecular complexity index is 595. The summed E-state index contributed by atoms with van der Waals surface area (Å²) in [5.41, 5.74) is 0. The number of amides is 1. The van der Waals surface area contributed by atoms with Gasteiger partial charge in [-0.1, -0.05) is 12.2 Å². The van der Waals surface area contributed by atoms with E-state index in [9.17, 15) is 4.79 Å². The second-order valence-electron chi connectivity index (χ2n) is 7.24. The zero-order chi connectivity index (χ0) is 17.1. The summed E-state index contributed by atoms with van der Waals surface area (Å²) >= 11 is 0. The number of allylic oxidation sites excluding steroid dienone is 1. The number of rotatable bonds is 6. The summed E-state index contributed by atoms with van der Waals surface area (Å²) in [4.78, 5) is 16.3. The van der Waals surface area contributed by atoms with Crippen molar-refractivity contribution in [1.29, 1.82) is 0 Å². The van der Waals surface area contributed by atoms with Crippen LogP contribution in [-0.4, -0.2) is 57.7 Å². The van der Waals surface area contributed by atoms with Crippen molar-refractivity contribution in [1.82, 2.24) is 24.6 Å². The predicted octanol–water partition coefficient (Wildman–Crippen LogP) is 2.35. The SMILES string of the molecule is CC=CCC(=O)N1CCC(c2nnc(CN(C)C)n2C2CC2)CC1. The summed E-state index contributed by atoms with van der Waals surface area (Å²) in [6.07, 6.45) is 8.87. The largest absolute Gasteiger partial charge is 0.342 e. The third kappa shape index (κ3) is 3.86. The predicted molar refractivity (Wildman–Crippen MR) is 93.7 cm³/mol. The molecule has 1 saturated heterocycles. The van der Waals surface area contributed by atoms with Gasteiger partial charge in [-0.05, 0) is 46.7 Å². The van der Waals surface area contributed by atoms with Crippen molar-refractivity contribution in [3.63, 3.8) is 0 Å². The second-order valence-corrected chi connectivity index (χ2v) is 7.24. The highest BCUT2D eigenvalue weighted by Gasteiger charge is 2.34. The first-order valence-electron chi connectivity index (χ1n) is 9.07. The van der Waals surface area contributed by atoms with E-state index in [-0.39, 0.29) is 5.91 Å². The number of nitrogens with zero attached hydrogens (tertiary/aromatic N) is 5. The minimum absolute atomic E-state index is 0.239. The van der Waals surface area contributed by atoms with Crippen molar-refractivity contribution in [2.75, 3.05) is 27.2 Å². The van der Waals surface area contributed by atoms with Crippen molar-refractivity contribution in [2.24, 2.45) is 0 Å². The molecule has 1 aliphatic heterocycles. The van der Waals surface area contributed by atoms with E-state index in [1.807, 2.05) is 24.0 Å². The number of carbonyl (C=O) groups excluding carboxylic acids is 1. The smallest absolute Gasteiger partial charge is 0.226 e. The monoisotopic (exact) mass is 331 g/mol. The lowest BCUT2D eigenvalue weighted by Crippen LogP contribution is -2.38. The van der Waals surface area contributed by atoms with Crippen LogP contribution in [0.2, 0.25) is 0 Å². The van der Waals surface area contributed by atoms with Crippen LogP contribution in [0.15, 0.2) is 12.2 Å². The third-order valence-corrected chi connectivity index (χ3v) is 4.90. The molecule has 2 fully saturated rings. The van der Waals surface area contributed by atoms with E-state index in [2.05, 4.69) is 33.8 Å². The molecule has 2 heterocycles. The average Bonchev–Trinajstić information content (AvgIpc) is 3.33. The van der Waals surface area contributed by atoms with Gasteiger partial charge in [0.2, 0.25) is 5.91 Å². The first kappa shape index (κ1) is 17.1. The molecule has 0 atom stereocenters. The molecule has 1 saturated carbocycles. The minimum Gasteiger partial charge on any atom is -0.342 e. The van der Waals surface area contributed by atoms with Crippen molar-refractivity contribution < 1.29 is 4.79 Å². The van der Waals surface area contributed by atoms with Gasteiger partial charge in [-0.25, -0.2) is 0 Å². The lowest BCUT2D eigenvalue weighted by atomic mass is 9.95. The Morgan fingerprint density at radius 1 is 1.21 bits per heavy atom. The first-order valence-corrected chi connectivity index (χ1v) is 9.07. The van der Waals surface area contributed by atoms with Crippen LogP contribution in [0.3, 0.4) is 0 Å². The molecule has 1 aromatic heterocycles. The standard InChI is InChI=1S/C18H29N5O/c1-4-5-6-17(24)22-11-9-14(10-12-22)18-20-19-16(13-21(2)3)23(18)15-7-8-15/h4-5,14-15H,6-13H2,1-3H3. The molecule has 0 radical (unpaired) electrons. The van der Waals surface area contributed by atoms with Gasteiger partial charge < -0.3 is 14.4 Å². The van der Waals surface area contributed by atoms with E-state index in [0.29, 0.717) is 18.4 Å². The molecule has 0 bridgehead atoms. The molecular formula is C18H29N5O. The maximum absolute atomic E-state index is 12.1. The number of hydrogen-bond acceptors (Lipinski definition) is 4. The summed E-state index contributed by atoms with van der Waals surface area (Å²) in [6.45, 7) is 4.46. The van der Waals surface area contributed by atoms with Crippen LogP contribution >= 0.6 is 0 Å². The molecule has 6 nitrogen and oxygen atoms in total. The van der Waals surface area contributed by atoms with Crippen LogP contribution in [0.4, 0.5) is 0 Å². The molecule has 0 spiro atoms. The highest BCUT2D eigenvalue weighted by atomic mass is 16.2. The fraction of sp³-hybridized carbons (Fsp3) is 0.722. The fourth-order valence-corrected chi connectivity index (χ4v) is 3.47. The average molecular weight is 331 g/mol. The fourth-order valence-electron chi connectivity index (χ4n) is 3.47. The normalized spacial score (nSPS) is 19.6. The van der Waals surface area contributed by atoms with Gasteiger partial charge in [0, 0.05) is 31.5 Å². The topological polar surface area (TPSA) is 54.3 Å². The molecule has 1 aromatic rings. The Balaban J connectivity index is 1.66. The maximum Gasteiger partial charge on any atom is 0.226 e. The van der Waals surface area contributed by atoms with E-state index in [4.69, 9.17) is 0 Å². The maximum atomic E-state index is 12.1. The van der Waals surface area contributed by atoms with Crippen molar-refractivity contribution >= 4 is 5.91 Å². The van der Waals surface area contributed by atoms with Gasteiger partial charge in [-0.3, -0.25) is 4.79 Å². The van der Waals surface area contributed by atoms with E-state index < -0.39 is 0 Å². The molecule has 1 aliphatic carbocycles. The van der Waals surface area contributed by atoms with Crippen LogP contribution in [0.5, 0.6) is 0 Å². The number of likely N-dealkylation sites (tertiary alicyclic amines) is 1. The summed E-state index contributed by atoms with van der Waals surface area (Å²) in [5, 5.41) is 9.01. The quantitative estimate of drug-likeness (QED) is 0.751. The lowest BCUT2D eigenvalue weighted by molar-refractivity contribution is -0.131. The molecule has 0 N–H and O–H groups in total. The molecule has 2 aliphatic rings. The molecule has 6 heteroatoms. The molecular weight excluding hydrogens is 302 g/mol. The van der Waals surface area contributed by atoms with E-state index >= 15 is 0 Å². The number of hydrogen-bond donors (Lipinski definition) is 0. The first-order chi connectivity index (χ1) is 11.6. The third-order valence-electron chi connectivity index (χ3n) is 4.90. The minimum atomic E-state index is 0.239. The molecule has 132 valence electrons. The Labute approximate surface area is 144 Å². The van der Waals surface area contributed by atoms with Gasteiger partial charge in [-0.15, -0.1) is 10.2 Å². The van der Waals surface area contributed by atoms with Crippen LogP contribution in [0.1, 0.15) is 62.6 Å². The van der Waals surface area contributed by atoms with E-state index in [1.165, 1.54) is 12.8 Å².